The SMILES string of the molecule is CCCc1ccc(S(=O)(=O)N(C)CC(=O)Nc2ccc(N3CCOCC3)cc2)cc1. The summed E-state index contributed by atoms with van der Waals surface area (Å²) in [6.45, 7) is 4.92. The molecule has 1 N–H and O–H groups in total. The summed E-state index contributed by atoms with van der Waals surface area (Å²) in [5.74, 6) is -0.386. The molecule has 8 heteroatoms. The predicted molar refractivity (Wildman–Crippen MR) is 118 cm³/mol. The van der Waals surface area contributed by atoms with Crippen molar-refractivity contribution in [1.29, 1.82) is 0 Å². The molecule has 0 spiro atoms. The van der Waals surface area contributed by atoms with Crippen LogP contribution in [0, 0.1) is 0 Å². The number of likely N-dealkylation sites (N-methyl/N-ethyl adjacent to an activating group) is 1. The molecule has 30 heavy (non-hydrogen) atoms. The number of carbonyl (C=O) groups is 1. The molecule has 0 unspecified atom stereocenters. The van der Waals surface area contributed by atoms with E-state index in [4.69, 9.17) is 4.74 Å². The Hall–Kier alpha value is -2.42. The van der Waals surface area contributed by atoms with Gasteiger partial charge in [-0.15, -0.1) is 0 Å². The zero-order valence-corrected chi connectivity index (χ0v) is 18.3. The van der Waals surface area contributed by atoms with Crippen LogP contribution in [0.3, 0.4) is 0 Å². The maximum atomic E-state index is 12.7. The number of benzene rings is 2. The number of morpholine rings is 1. The van der Waals surface area contributed by atoms with E-state index in [1.54, 1.807) is 12.1 Å². The first-order valence-electron chi connectivity index (χ1n) is 10.2. The van der Waals surface area contributed by atoms with E-state index in [-0.39, 0.29) is 17.3 Å². The number of hydrogen-bond acceptors (Lipinski definition) is 5. The predicted octanol–water partition coefficient (Wildman–Crippen LogP) is 2.73. The third-order valence-corrected chi connectivity index (χ3v) is 6.88. The second-order valence-corrected chi connectivity index (χ2v) is 9.39. The Morgan fingerprint density at radius 1 is 1.07 bits per heavy atom. The number of rotatable bonds is 8. The van der Waals surface area contributed by atoms with Crippen LogP contribution < -0.4 is 10.2 Å². The van der Waals surface area contributed by atoms with Gasteiger partial charge in [0.15, 0.2) is 0 Å². The highest BCUT2D eigenvalue weighted by Crippen LogP contribution is 2.20. The van der Waals surface area contributed by atoms with Crippen LogP contribution in [-0.4, -0.2) is 58.5 Å². The Kier molecular flexibility index (Phi) is 7.47. The van der Waals surface area contributed by atoms with Gasteiger partial charge < -0.3 is 15.0 Å². The highest BCUT2D eigenvalue weighted by atomic mass is 32.2. The van der Waals surface area contributed by atoms with Gasteiger partial charge in [0.05, 0.1) is 24.7 Å². The van der Waals surface area contributed by atoms with E-state index in [1.807, 2.05) is 36.4 Å². The van der Waals surface area contributed by atoms with E-state index in [9.17, 15) is 13.2 Å². The fourth-order valence-corrected chi connectivity index (χ4v) is 4.49. The highest BCUT2D eigenvalue weighted by molar-refractivity contribution is 7.89. The zero-order valence-electron chi connectivity index (χ0n) is 17.5. The Bertz CT molecular complexity index is 937. The van der Waals surface area contributed by atoms with Crippen molar-refractivity contribution in [2.24, 2.45) is 0 Å². The van der Waals surface area contributed by atoms with Crippen molar-refractivity contribution in [2.75, 3.05) is 50.1 Å². The second-order valence-electron chi connectivity index (χ2n) is 7.35. The summed E-state index contributed by atoms with van der Waals surface area (Å²) in [6.07, 6.45) is 1.91. The van der Waals surface area contributed by atoms with Crippen LogP contribution in [0.5, 0.6) is 0 Å². The first-order valence-corrected chi connectivity index (χ1v) is 11.6. The van der Waals surface area contributed by atoms with Crippen molar-refractivity contribution >= 4 is 27.3 Å². The zero-order chi connectivity index (χ0) is 21.6. The smallest absolute Gasteiger partial charge is 0.243 e. The topological polar surface area (TPSA) is 79.0 Å². The van der Waals surface area contributed by atoms with Crippen molar-refractivity contribution < 1.29 is 17.9 Å². The number of carbonyl (C=O) groups excluding carboxylic acids is 1. The van der Waals surface area contributed by atoms with Gasteiger partial charge in [-0.25, -0.2) is 8.42 Å². The number of aryl methyl sites for hydroxylation is 1. The maximum Gasteiger partial charge on any atom is 0.243 e. The Morgan fingerprint density at radius 2 is 1.70 bits per heavy atom. The fraction of sp³-hybridized carbons (Fsp3) is 0.409. The molecular weight excluding hydrogens is 402 g/mol. The Balaban J connectivity index is 1.58. The van der Waals surface area contributed by atoms with Gasteiger partial charge >= 0.3 is 0 Å². The van der Waals surface area contributed by atoms with Crippen LogP contribution in [0.2, 0.25) is 0 Å². The van der Waals surface area contributed by atoms with E-state index in [2.05, 4.69) is 17.1 Å². The summed E-state index contributed by atoms with van der Waals surface area (Å²) in [5, 5.41) is 2.76. The Morgan fingerprint density at radius 3 is 2.30 bits per heavy atom. The van der Waals surface area contributed by atoms with Crippen LogP contribution >= 0.6 is 0 Å². The van der Waals surface area contributed by atoms with Gasteiger partial charge in [-0.05, 0) is 48.4 Å². The van der Waals surface area contributed by atoms with Gasteiger partial charge in [0.1, 0.15) is 0 Å². The second kappa shape index (κ2) is 10.1. The summed E-state index contributed by atoms with van der Waals surface area (Å²) >= 11 is 0. The molecule has 1 fully saturated rings. The molecule has 0 saturated carbocycles. The number of ether oxygens (including phenoxy) is 1. The normalized spacial score (nSPS) is 14.7. The summed E-state index contributed by atoms with van der Waals surface area (Å²) in [6, 6.07) is 14.4. The third kappa shape index (κ3) is 5.59. The molecule has 1 saturated heterocycles. The number of sulfonamides is 1. The summed E-state index contributed by atoms with van der Waals surface area (Å²) in [7, 11) is -2.31. The molecule has 0 aromatic heterocycles. The minimum absolute atomic E-state index is 0.188. The fourth-order valence-electron chi connectivity index (χ4n) is 3.36. The first-order chi connectivity index (χ1) is 14.4. The summed E-state index contributed by atoms with van der Waals surface area (Å²) in [5.41, 5.74) is 2.80. The molecule has 0 bridgehead atoms. The molecule has 0 atom stereocenters. The standard InChI is InChI=1S/C22H29N3O4S/c1-3-4-18-5-11-21(12-6-18)30(27,28)24(2)17-22(26)23-19-7-9-20(10-8-19)25-13-15-29-16-14-25/h5-12H,3-4,13-17H2,1-2H3,(H,23,26). The summed E-state index contributed by atoms with van der Waals surface area (Å²) < 4.78 is 31.9. The lowest BCUT2D eigenvalue weighted by Gasteiger charge is -2.28. The quantitative estimate of drug-likeness (QED) is 0.695. The van der Waals surface area contributed by atoms with Crippen molar-refractivity contribution in [1.82, 2.24) is 4.31 Å². The third-order valence-electron chi connectivity index (χ3n) is 5.06. The van der Waals surface area contributed by atoms with Crippen LogP contribution in [0.1, 0.15) is 18.9 Å². The lowest BCUT2D eigenvalue weighted by molar-refractivity contribution is -0.116. The average Bonchev–Trinajstić information content (AvgIpc) is 2.75. The largest absolute Gasteiger partial charge is 0.378 e. The molecule has 2 aromatic carbocycles. The number of amides is 1. The molecule has 3 rings (SSSR count). The molecule has 7 nitrogen and oxygen atoms in total. The van der Waals surface area contributed by atoms with Gasteiger partial charge in [-0.1, -0.05) is 25.5 Å². The van der Waals surface area contributed by atoms with Crippen molar-refractivity contribution in [3.63, 3.8) is 0 Å². The molecule has 1 amide bonds. The number of anilines is 2. The number of nitrogens with zero attached hydrogens (tertiary/aromatic N) is 2. The van der Waals surface area contributed by atoms with Crippen molar-refractivity contribution in [3.8, 4) is 0 Å². The lowest BCUT2D eigenvalue weighted by atomic mass is 10.1. The van der Waals surface area contributed by atoms with E-state index in [0.29, 0.717) is 18.9 Å². The highest BCUT2D eigenvalue weighted by Gasteiger charge is 2.23. The molecule has 2 aromatic rings. The lowest BCUT2D eigenvalue weighted by Crippen LogP contribution is -2.36. The van der Waals surface area contributed by atoms with E-state index >= 15 is 0 Å². The maximum absolute atomic E-state index is 12.7. The number of hydrogen-bond donors (Lipinski definition) is 1. The van der Waals surface area contributed by atoms with Crippen LogP contribution in [0.25, 0.3) is 0 Å². The van der Waals surface area contributed by atoms with Crippen molar-refractivity contribution in [2.45, 2.75) is 24.7 Å². The van der Waals surface area contributed by atoms with Gasteiger partial charge in [0, 0.05) is 31.5 Å². The minimum atomic E-state index is -3.73. The molecule has 1 heterocycles. The van der Waals surface area contributed by atoms with Crippen LogP contribution in [-0.2, 0) is 26.0 Å². The molecular formula is C22H29N3O4S. The van der Waals surface area contributed by atoms with Gasteiger partial charge in [0.2, 0.25) is 15.9 Å². The molecule has 1 aliphatic heterocycles. The molecule has 162 valence electrons. The van der Waals surface area contributed by atoms with Crippen LogP contribution in [0.15, 0.2) is 53.4 Å². The Labute approximate surface area is 178 Å². The molecule has 0 radical (unpaired) electrons. The van der Waals surface area contributed by atoms with Gasteiger partial charge in [-0.2, -0.15) is 4.31 Å². The average molecular weight is 432 g/mol. The number of nitrogens with one attached hydrogen (secondary N) is 1. The molecule has 0 aliphatic carbocycles. The minimum Gasteiger partial charge on any atom is -0.378 e. The first kappa shape index (κ1) is 22.3. The molecule has 1 aliphatic rings. The van der Waals surface area contributed by atoms with Gasteiger partial charge in [0.25, 0.3) is 0 Å². The van der Waals surface area contributed by atoms with E-state index < -0.39 is 10.0 Å². The van der Waals surface area contributed by atoms with E-state index in [0.717, 1.165) is 41.5 Å². The van der Waals surface area contributed by atoms with Gasteiger partial charge in [-0.3, -0.25) is 4.79 Å². The summed E-state index contributed by atoms with van der Waals surface area (Å²) in [4.78, 5) is 14.8. The van der Waals surface area contributed by atoms with E-state index in [1.165, 1.54) is 7.05 Å². The van der Waals surface area contributed by atoms with Crippen LogP contribution in [0.4, 0.5) is 11.4 Å². The van der Waals surface area contributed by atoms with Crippen molar-refractivity contribution in [3.05, 3.63) is 54.1 Å². The monoisotopic (exact) mass is 431 g/mol.